The highest BCUT2D eigenvalue weighted by atomic mass is 14.5. The summed E-state index contributed by atoms with van der Waals surface area (Å²) in [6.45, 7) is 25.2. The molecule has 0 heterocycles. The lowest BCUT2D eigenvalue weighted by Crippen LogP contribution is -2.27. The molecule has 45 heavy (non-hydrogen) atoms. The fraction of sp³-hybridized carbons (Fsp3) is 1.00. The average molecular weight is 629 g/mol. The first kappa shape index (κ1) is 41.2. The van der Waals surface area contributed by atoms with Crippen LogP contribution in [0.5, 0.6) is 0 Å². The van der Waals surface area contributed by atoms with Crippen LogP contribution in [0.25, 0.3) is 0 Å². The minimum absolute atomic E-state index is 0.481. The first-order valence-corrected chi connectivity index (χ1v) is 21.5. The molecule has 0 heteroatoms. The van der Waals surface area contributed by atoms with E-state index in [0.717, 1.165) is 59.2 Å². The summed E-state index contributed by atoms with van der Waals surface area (Å²) in [6, 6.07) is 0. The number of rotatable bonds is 29. The molecular formula is C45H88. The van der Waals surface area contributed by atoms with Gasteiger partial charge in [0.25, 0.3) is 0 Å². The monoisotopic (exact) mass is 629 g/mol. The minimum atomic E-state index is 0.481. The summed E-state index contributed by atoms with van der Waals surface area (Å²) in [5, 5.41) is 0. The van der Waals surface area contributed by atoms with Crippen molar-refractivity contribution >= 4 is 0 Å². The van der Waals surface area contributed by atoms with E-state index in [-0.39, 0.29) is 0 Å². The van der Waals surface area contributed by atoms with Gasteiger partial charge in [0.1, 0.15) is 0 Å². The van der Waals surface area contributed by atoms with Crippen LogP contribution in [0.1, 0.15) is 223 Å². The molecule has 2 aliphatic carbocycles. The molecule has 268 valence electrons. The third kappa shape index (κ3) is 16.3. The van der Waals surface area contributed by atoms with E-state index in [2.05, 4.69) is 69.2 Å². The highest BCUT2D eigenvalue weighted by Gasteiger charge is 2.45. The van der Waals surface area contributed by atoms with E-state index in [1.54, 1.807) is 6.42 Å². The van der Waals surface area contributed by atoms with Gasteiger partial charge in [-0.15, -0.1) is 0 Å². The molecule has 0 aromatic rings. The van der Waals surface area contributed by atoms with Gasteiger partial charge in [0, 0.05) is 0 Å². The molecule has 0 aromatic carbocycles. The average Bonchev–Trinajstić information content (AvgIpc) is 3.75. The van der Waals surface area contributed by atoms with E-state index >= 15 is 0 Å². The van der Waals surface area contributed by atoms with Crippen LogP contribution in [-0.2, 0) is 0 Å². The van der Waals surface area contributed by atoms with Gasteiger partial charge in [-0.2, -0.15) is 0 Å². The highest BCUT2D eigenvalue weighted by molar-refractivity contribution is 4.95. The standard InChI is InChI=1S/C45H88/c1-11-15-16-21-35(5)28-29-36(6)32-43-33-44(43)42(27-19-25-40-23-17-24-40)34-45(9,10)38(8)30-31-39(13-3)22-18-26-41(14-4)37(7)20-12-2/h35-44H,11-34H2,1-10H3. The lowest BCUT2D eigenvalue weighted by Gasteiger charge is -2.37. The molecular weight excluding hydrogens is 540 g/mol. The van der Waals surface area contributed by atoms with E-state index in [9.17, 15) is 0 Å². The predicted molar refractivity (Wildman–Crippen MR) is 205 cm³/mol. The second kappa shape index (κ2) is 22.6. The molecule has 0 saturated heterocycles. The van der Waals surface area contributed by atoms with Gasteiger partial charge in [-0.05, 0) is 90.3 Å². The largest absolute Gasteiger partial charge is 0.0654 e. The zero-order chi connectivity index (χ0) is 33.2. The topological polar surface area (TPSA) is 0 Å². The Balaban J connectivity index is 1.83. The molecule has 2 aliphatic rings. The van der Waals surface area contributed by atoms with Crippen LogP contribution in [0.15, 0.2) is 0 Å². The van der Waals surface area contributed by atoms with E-state index in [0.29, 0.717) is 5.41 Å². The summed E-state index contributed by atoms with van der Waals surface area (Å²) in [6.07, 6.45) is 35.2. The summed E-state index contributed by atoms with van der Waals surface area (Å²) in [4.78, 5) is 0. The Kier molecular flexibility index (Phi) is 20.7. The van der Waals surface area contributed by atoms with E-state index in [4.69, 9.17) is 0 Å². The van der Waals surface area contributed by atoms with Crippen molar-refractivity contribution in [2.45, 2.75) is 223 Å². The van der Waals surface area contributed by atoms with Crippen molar-refractivity contribution in [3.63, 3.8) is 0 Å². The number of hydrogen-bond donors (Lipinski definition) is 0. The minimum Gasteiger partial charge on any atom is -0.0654 e. The Morgan fingerprint density at radius 1 is 0.644 bits per heavy atom. The molecule has 2 saturated carbocycles. The molecule has 0 spiro atoms. The van der Waals surface area contributed by atoms with E-state index in [1.807, 2.05) is 0 Å². The van der Waals surface area contributed by atoms with Crippen molar-refractivity contribution in [1.29, 1.82) is 0 Å². The molecule has 0 aromatic heterocycles. The van der Waals surface area contributed by atoms with Gasteiger partial charge in [0.05, 0.1) is 0 Å². The Morgan fingerprint density at radius 2 is 1.38 bits per heavy atom. The highest BCUT2D eigenvalue weighted by Crippen LogP contribution is 2.54. The summed E-state index contributed by atoms with van der Waals surface area (Å²) >= 11 is 0. The fourth-order valence-electron chi connectivity index (χ4n) is 9.68. The van der Waals surface area contributed by atoms with Gasteiger partial charge in [0.2, 0.25) is 0 Å². The number of unbranched alkanes of at least 4 members (excludes halogenated alkanes) is 2. The van der Waals surface area contributed by atoms with Crippen molar-refractivity contribution in [3.8, 4) is 0 Å². The molecule has 0 amide bonds. The Morgan fingerprint density at radius 3 is 2.00 bits per heavy atom. The van der Waals surface area contributed by atoms with Gasteiger partial charge in [-0.25, -0.2) is 0 Å². The Labute approximate surface area is 287 Å². The maximum Gasteiger partial charge on any atom is -0.0326 e. The lowest BCUT2D eigenvalue weighted by molar-refractivity contribution is 0.136. The van der Waals surface area contributed by atoms with Crippen molar-refractivity contribution in [2.24, 2.45) is 64.6 Å². The maximum absolute atomic E-state index is 2.67. The summed E-state index contributed by atoms with van der Waals surface area (Å²) in [5.74, 6) is 9.71. The maximum atomic E-state index is 2.67. The quantitative estimate of drug-likeness (QED) is 0.0723. The van der Waals surface area contributed by atoms with Gasteiger partial charge >= 0.3 is 0 Å². The van der Waals surface area contributed by atoms with Crippen LogP contribution < -0.4 is 0 Å². The van der Waals surface area contributed by atoms with Crippen LogP contribution in [-0.4, -0.2) is 0 Å². The smallest absolute Gasteiger partial charge is 0.0326 e. The SMILES string of the molecule is CCCCCC(C)CCC(C)CC1CC1C(CCCC1CCC1)CC(C)(C)C(C)CCC(CC)CCCC(CC)C(C)CCC. The first-order chi connectivity index (χ1) is 21.5. The molecule has 2 fully saturated rings. The molecule has 0 aliphatic heterocycles. The lowest BCUT2D eigenvalue weighted by atomic mass is 9.69. The Bertz CT molecular complexity index is 701. The van der Waals surface area contributed by atoms with Crippen molar-refractivity contribution < 1.29 is 0 Å². The van der Waals surface area contributed by atoms with Crippen LogP contribution in [0, 0.1) is 64.6 Å². The fourth-order valence-corrected chi connectivity index (χ4v) is 9.68. The summed E-state index contributed by atoms with van der Waals surface area (Å²) in [7, 11) is 0. The molecule has 9 atom stereocenters. The molecule has 0 radical (unpaired) electrons. The number of hydrogen-bond acceptors (Lipinski definition) is 0. The normalized spacial score (nSPS) is 23.6. The van der Waals surface area contributed by atoms with Gasteiger partial charge < -0.3 is 0 Å². The molecule has 0 nitrogen and oxygen atoms in total. The third-order valence-electron chi connectivity index (χ3n) is 14.1. The summed E-state index contributed by atoms with van der Waals surface area (Å²) in [5.41, 5.74) is 0.481. The van der Waals surface area contributed by atoms with Crippen LogP contribution in [0.4, 0.5) is 0 Å². The summed E-state index contributed by atoms with van der Waals surface area (Å²) < 4.78 is 0. The molecule has 9 unspecified atom stereocenters. The Hall–Kier alpha value is 0. The van der Waals surface area contributed by atoms with E-state index < -0.39 is 0 Å². The van der Waals surface area contributed by atoms with Crippen molar-refractivity contribution in [2.75, 3.05) is 0 Å². The second-order valence-electron chi connectivity index (χ2n) is 18.5. The second-order valence-corrected chi connectivity index (χ2v) is 18.5. The predicted octanol–water partition coefficient (Wildman–Crippen LogP) is 15.7. The molecule has 0 N–H and O–H groups in total. The molecule has 2 rings (SSSR count). The van der Waals surface area contributed by atoms with Gasteiger partial charge in [-0.1, -0.05) is 198 Å². The zero-order valence-corrected chi connectivity index (χ0v) is 33.2. The van der Waals surface area contributed by atoms with Gasteiger partial charge in [-0.3, -0.25) is 0 Å². The van der Waals surface area contributed by atoms with Gasteiger partial charge in [0.15, 0.2) is 0 Å². The first-order valence-electron chi connectivity index (χ1n) is 21.5. The zero-order valence-electron chi connectivity index (χ0n) is 33.2. The van der Waals surface area contributed by atoms with Crippen LogP contribution in [0.2, 0.25) is 0 Å². The van der Waals surface area contributed by atoms with Crippen LogP contribution >= 0.6 is 0 Å². The third-order valence-corrected chi connectivity index (χ3v) is 14.1. The van der Waals surface area contributed by atoms with E-state index in [1.165, 1.54) is 148 Å². The van der Waals surface area contributed by atoms with Crippen LogP contribution in [0.3, 0.4) is 0 Å². The molecule has 0 bridgehead atoms. The van der Waals surface area contributed by atoms with Crippen molar-refractivity contribution in [3.05, 3.63) is 0 Å². The van der Waals surface area contributed by atoms with Crippen molar-refractivity contribution in [1.82, 2.24) is 0 Å².